The fourth-order valence-corrected chi connectivity index (χ4v) is 4.31. The predicted molar refractivity (Wildman–Crippen MR) is 109 cm³/mol. The Bertz CT molecular complexity index is 1140. The molecule has 2 aliphatic rings. The summed E-state index contributed by atoms with van der Waals surface area (Å²) in [5.41, 5.74) is 2.23. The molecule has 30 heavy (non-hydrogen) atoms. The van der Waals surface area contributed by atoms with Gasteiger partial charge in [0.2, 0.25) is 12.7 Å². The van der Waals surface area contributed by atoms with Crippen LogP contribution in [0.1, 0.15) is 26.5 Å². The number of aromatic nitrogens is 1. The third kappa shape index (κ3) is 3.67. The molecule has 0 radical (unpaired) electrons. The number of ether oxygens (including phenoxy) is 2. The van der Waals surface area contributed by atoms with Crippen LogP contribution in [0, 0.1) is 0 Å². The molecule has 0 aliphatic carbocycles. The first-order valence-electron chi connectivity index (χ1n) is 9.34. The lowest BCUT2D eigenvalue weighted by Crippen LogP contribution is -2.34. The average molecular weight is 423 g/mol. The van der Waals surface area contributed by atoms with Gasteiger partial charge in [0.05, 0.1) is 24.1 Å². The summed E-state index contributed by atoms with van der Waals surface area (Å²) in [6, 6.07) is 7.15. The molecule has 9 heteroatoms. The Morgan fingerprint density at radius 3 is 2.97 bits per heavy atom. The molecule has 0 spiro atoms. The molecule has 2 amide bonds. The number of fused-ring (bicyclic) bond motifs is 2. The molecule has 1 aromatic carbocycles. The van der Waals surface area contributed by atoms with E-state index in [4.69, 9.17) is 13.9 Å². The number of amides is 2. The van der Waals surface area contributed by atoms with E-state index < -0.39 is 0 Å². The van der Waals surface area contributed by atoms with Crippen LogP contribution < -0.4 is 14.8 Å². The molecule has 0 saturated heterocycles. The summed E-state index contributed by atoms with van der Waals surface area (Å²) in [7, 11) is 0. The van der Waals surface area contributed by atoms with Crippen molar-refractivity contribution in [2.45, 2.75) is 13.0 Å². The Balaban J connectivity index is 1.23. The smallest absolute Gasteiger partial charge is 0.260 e. The first-order valence-corrected chi connectivity index (χ1v) is 10.2. The van der Waals surface area contributed by atoms with Gasteiger partial charge >= 0.3 is 0 Å². The highest BCUT2D eigenvalue weighted by Gasteiger charge is 2.24. The minimum atomic E-state index is -0.269. The maximum absolute atomic E-state index is 12.6. The molecule has 0 saturated carbocycles. The topological polar surface area (TPSA) is 93.9 Å². The highest BCUT2D eigenvalue weighted by Crippen LogP contribution is 2.33. The number of furan rings is 1. The molecule has 152 valence electrons. The number of hydrogen-bond acceptors (Lipinski definition) is 7. The van der Waals surface area contributed by atoms with Gasteiger partial charge < -0.3 is 18.8 Å². The maximum atomic E-state index is 12.6. The second-order valence-electron chi connectivity index (χ2n) is 6.81. The van der Waals surface area contributed by atoms with Crippen LogP contribution in [0.3, 0.4) is 0 Å². The van der Waals surface area contributed by atoms with Crippen molar-refractivity contribution in [1.82, 2.24) is 9.88 Å². The second kappa shape index (κ2) is 7.68. The second-order valence-corrected chi connectivity index (χ2v) is 7.89. The van der Waals surface area contributed by atoms with Crippen LogP contribution in [0.5, 0.6) is 11.5 Å². The molecule has 5 rings (SSSR count). The van der Waals surface area contributed by atoms with Crippen molar-refractivity contribution in [2.24, 2.45) is 0 Å². The van der Waals surface area contributed by atoms with Gasteiger partial charge in [0, 0.05) is 23.9 Å². The SMILES string of the molecule is O=C(Nc1nc2c(s1)CN(C(=O)/C=C/c1ccc3c(c1)OCO3)CC2)c1ccoc1. The van der Waals surface area contributed by atoms with E-state index in [1.807, 2.05) is 18.2 Å². The number of carbonyl (C=O) groups excluding carboxylic acids is 2. The van der Waals surface area contributed by atoms with Crippen molar-refractivity contribution in [3.8, 4) is 11.5 Å². The molecule has 8 nitrogen and oxygen atoms in total. The molecule has 0 fully saturated rings. The standard InChI is InChI=1S/C21H17N3O5S/c25-19(4-2-13-1-3-16-17(9-13)29-12-28-16)24-7-5-15-18(10-24)30-21(22-15)23-20(26)14-6-8-27-11-14/h1-4,6,8-9,11H,5,7,10,12H2,(H,22,23,26)/b4-2+. The molecule has 3 aromatic rings. The maximum Gasteiger partial charge on any atom is 0.260 e. The van der Waals surface area contributed by atoms with E-state index in [9.17, 15) is 9.59 Å². The Labute approximate surface area is 175 Å². The molecule has 2 aliphatic heterocycles. The predicted octanol–water partition coefficient (Wildman–Crippen LogP) is 3.32. The number of carbonyl (C=O) groups is 2. The zero-order valence-electron chi connectivity index (χ0n) is 15.8. The summed E-state index contributed by atoms with van der Waals surface area (Å²) in [5, 5.41) is 3.31. The quantitative estimate of drug-likeness (QED) is 0.647. The number of nitrogens with one attached hydrogen (secondary N) is 1. The van der Waals surface area contributed by atoms with E-state index in [1.54, 1.807) is 23.1 Å². The van der Waals surface area contributed by atoms with Gasteiger partial charge in [-0.15, -0.1) is 0 Å². The number of anilines is 1. The first kappa shape index (κ1) is 18.4. The molecular formula is C21H17N3O5S. The molecule has 0 atom stereocenters. The van der Waals surface area contributed by atoms with Crippen LogP contribution in [0.25, 0.3) is 6.08 Å². The van der Waals surface area contributed by atoms with Gasteiger partial charge in [-0.25, -0.2) is 4.98 Å². The van der Waals surface area contributed by atoms with Gasteiger partial charge in [-0.3, -0.25) is 14.9 Å². The van der Waals surface area contributed by atoms with Crippen LogP contribution >= 0.6 is 11.3 Å². The van der Waals surface area contributed by atoms with E-state index in [0.717, 1.165) is 16.1 Å². The normalized spacial score (nSPS) is 14.7. The zero-order chi connectivity index (χ0) is 20.5. The van der Waals surface area contributed by atoms with Gasteiger partial charge in [-0.2, -0.15) is 0 Å². The number of nitrogens with zero attached hydrogens (tertiary/aromatic N) is 2. The number of rotatable bonds is 4. The summed E-state index contributed by atoms with van der Waals surface area (Å²) < 4.78 is 15.6. The molecule has 0 bridgehead atoms. The molecule has 2 aromatic heterocycles. The highest BCUT2D eigenvalue weighted by molar-refractivity contribution is 7.15. The minimum absolute atomic E-state index is 0.0734. The Morgan fingerprint density at radius 1 is 1.20 bits per heavy atom. The lowest BCUT2D eigenvalue weighted by molar-refractivity contribution is -0.126. The largest absolute Gasteiger partial charge is 0.472 e. The minimum Gasteiger partial charge on any atom is -0.472 e. The van der Waals surface area contributed by atoms with Crippen LogP contribution in [-0.4, -0.2) is 35.0 Å². The summed E-state index contributed by atoms with van der Waals surface area (Å²) in [5.74, 6) is 1.05. The molecule has 4 heterocycles. The van der Waals surface area contributed by atoms with Gasteiger partial charge in [-0.1, -0.05) is 17.4 Å². The van der Waals surface area contributed by atoms with Gasteiger partial charge in [0.25, 0.3) is 5.91 Å². The summed E-state index contributed by atoms with van der Waals surface area (Å²) >= 11 is 1.39. The van der Waals surface area contributed by atoms with E-state index >= 15 is 0 Å². The van der Waals surface area contributed by atoms with E-state index in [-0.39, 0.29) is 18.6 Å². The third-order valence-corrected chi connectivity index (χ3v) is 5.86. The first-order chi connectivity index (χ1) is 14.7. The number of thiazole rings is 1. The molecular weight excluding hydrogens is 406 g/mol. The van der Waals surface area contributed by atoms with Crippen molar-refractivity contribution in [3.63, 3.8) is 0 Å². The van der Waals surface area contributed by atoms with Crippen molar-refractivity contribution < 1.29 is 23.5 Å². The zero-order valence-corrected chi connectivity index (χ0v) is 16.6. The summed E-state index contributed by atoms with van der Waals surface area (Å²) in [6.07, 6.45) is 6.81. The van der Waals surface area contributed by atoms with Crippen LogP contribution in [-0.2, 0) is 17.8 Å². The summed E-state index contributed by atoms with van der Waals surface area (Å²) in [6.45, 7) is 1.27. The fourth-order valence-electron chi connectivity index (χ4n) is 3.29. The van der Waals surface area contributed by atoms with Gasteiger partial charge in [-0.05, 0) is 29.8 Å². The monoisotopic (exact) mass is 423 g/mol. The van der Waals surface area contributed by atoms with E-state index in [0.29, 0.717) is 41.7 Å². The van der Waals surface area contributed by atoms with Gasteiger partial charge in [0.1, 0.15) is 6.26 Å². The van der Waals surface area contributed by atoms with Gasteiger partial charge in [0.15, 0.2) is 16.6 Å². The van der Waals surface area contributed by atoms with E-state index in [2.05, 4.69) is 10.3 Å². The van der Waals surface area contributed by atoms with Crippen molar-refractivity contribution >= 4 is 34.4 Å². The number of benzene rings is 1. The van der Waals surface area contributed by atoms with Crippen LogP contribution in [0.2, 0.25) is 0 Å². The Morgan fingerprint density at radius 2 is 2.10 bits per heavy atom. The molecule has 0 unspecified atom stereocenters. The van der Waals surface area contributed by atoms with Crippen molar-refractivity contribution in [2.75, 3.05) is 18.7 Å². The average Bonchev–Trinajstić information content (AvgIpc) is 3.51. The lowest BCUT2D eigenvalue weighted by atomic mass is 10.1. The summed E-state index contributed by atoms with van der Waals surface area (Å²) in [4.78, 5) is 32.0. The fraction of sp³-hybridized carbons (Fsp3) is 0.190. The van der Waals surface area contributed by atoms with Crippen LogP contribution in [0.4, 0.5) is 5.13 Å². The van der Waals surface area contributed by atoms with E-state index in [1.165, 1.54) is 23.9 Å². The highest BCUT2D eigenvalue weighted by atomic mass is 32.1. The Kier molecular flexibility index (Phi) is 4.72. The Hall–Kier alpha value is -3.59. The number of hydrogen-bond donors (Lipinski definition) is 1. The van der Waals surface area contributed by atoms with Crippen molar-refractivity contribution in [1.29, 1.82) is 0 Å². The molecule has 1 N–H and O–H groups in total. The van der Waals surface area contributed by atoms with Crippen molar-refractivity contribution in [3.05, 3.63) is 64.6 Å². The lowest BCUT2D eigenvalue weighted by Gasteiger charge is -2.24. The van der Waals surface area contributed by atoms with Crippen LogP contribution in [0.15, 0.2) is 47.3 Å². The third-order valence-electron chi connectivity index (χ3n) is 4.86.